The van der Waals surface area contributed by atoms with Gasteiger partial charge < -0.3 is 19.7 Å². The quantitative estimate of drug-likeness (QED) is 0.816. The number of carbonyl (C=O) groups is 1. The average Bonchev–Trinajstić information content (AvgIpc) is 3.23. The summed E-state index contributed by atoms with van der Waals surface area (Å²) in [4.78, 5) is 21.5. The number of nitrogens with zero attached hydrogens (tertiary/aromatic N) is 4. The third-order valence-electron chi connectivity index (χ3n) is 5.46. The molecule has 1 unspecified atom stereocenters. The maximum absolute atomic E-state index is 13.0. The van der Waals surface area contributed by atoms with Crippen molar-refractivity contribution < 1.29 is 4.79 Å². The standard InChI is InChI=1S/C21H31N5O/c1-18(25-15-11-22-17-25)16-23-21(27)26(20-9-12-24(2)13-10-20)14-8-19-6-4-3-5-7-19/h3-7,11,15,17-18,20H,8-10,12-14,16H2,1-2H3,(H,23,27). The summed E-state index contributed by atoms with van der Waals surface area (Å²) in [5.74, 6) is 0. The van der Waals surface area contributed by atoms with Gasteiger partial charge in [0.15, 0.2) is 0 Å². The second kappa shape index (κ2) is 9.55. The smallest absolute Gasteiger partial charge is 0.317 e. The number of carbonyl (C=O) groups excluding carboxylic acids is 1. The molecule has 146 valence electrons. The van der Waals surface area contributed by atoms with Crippen molar-refractivity contribution >= 4 is 6.03 Å². The predicted octanol–water partition coefficient (Wildman–Crippen LogP) is 2.79. The number of rotatable bonds is 7. The topological polar surface area (TPSA) is 53.4 Å². The van der Waals surface area contributed by atoms with Gasteiger partial charge in [0, 0.05) is 37.6 Å². The Bertz CT molecular complexity index is 680. The van der Waals surface area contributed by atoms with Gasteiger partial charge in [-0.1, -0.05) is 30.3 Å². The van der Waals surface area contributed by atoms with Crippen LogP contribution in [0, 0.1) is 0 Å². The van der Waals surface area contributed by atoms with Gasteiger partial charge in [-0.05, 0) is 51.9 Å². The lowest BCUT2D eigenvalue weighted by atomic mass is 10.0. The first-order chi connectivity index (χ1) is 13.1. The number of hydrogen-bond acceptors (Lipinski definition) is 3. The van der Waals surface area contributed by atoms with Crippen molar-refractivity contribution in [2.75, 3.05) is 33.2 Å². The first-order valence-corrected chi connectivity index (χ1v) is 9.88. The molecule has 1 aliphatic heterocycles. The summed E-state index contributed by atoms with van der Waals surface area (Å²) < 4.78 is 2.02. The van der Waals surface area contributed by atoms with Crippen LogP contribution in [0.2, 0.25) is 0 Å². The Morgan fingerprint density at radius 1 is 1.30 bits per heavy atom. The molecule has 0 aliphatic carbocycles. The van der Waals surface area contributed by atoms with Crippen LogP contribution in [-0.4, -0.2) is 64.7 Å². The molecule has 6 heteroatoms. The fourth-order valence-corrected chi connectivity index (χ4v) is 3.62. The minimum atomic E-state index is 0.0486. The Hall–Kier alpha value is -2.34. The number of likely N-dealkylation sites (tertiary alicyclic amines) is 1. The molecule has 27 heavy (non-hydrogen) atoms. The molecule has 1 N–H and O–H groups in total. The van der Waals surface area contributed by atoms with Crippen LogP contribution in [0.1, 0.15) is 31.4 Å². The maximum Gasteiger partial charge on any atom is 0.317 e. The molecule has 0 bridgehead atoms. The monoisotopic (exact) mass is 369 g/mol. The van der Waals surface area contributed by atoms with E-state index < -0.39 is 0 Å². The van der Waals surface area contributed by atoms with Gasteiger partial charge >= 0.3 is 6.03 Å². The van der Waals surface area contributed by atoms with Crippen LogP contribution in [0.3, 0.4) is 0 Å². The average molecular weight is 370 g/mol. The molecular formula is C21H31N5O. The zero-order valence-electron chi connectivity index (χ0n) is 16.4. The van der Waals surface area contributed by atoms with Crippen LogP contribution >= 0.6 is 0 Å². The molecule has 0 saturated carbocycles. The minimum Gasteiger partial charge on any atom is -0.336 e. The number of amides is 2. The molecule has 1 aliphatic rings. The number of aromatic nitrogens is 2. The zero-order chi connectivity index (χ0) is 19.1. The van der Waals surface area contributed by atoms with E-state index >= 15 is 0 Å². The van der Waals surface area contributed by atoms with E-state index in [9.17, 15) is 4.79 Å². The van der Waals surface area contributed by atoms with Crippen LogP contribution in [0.4, 0.5) is 4.79 Å². The van der Waals surface area contributed by atoms with E-state index in [-0.39, 0.29) is 12.1 Å². The molecule has 2 aromatic rings. The van der Waals surface area contributed by atoms with Gasteiger partial charge in [0.1, 0.15) is 0 Å². The molecule has 1 fully saturated rings. The molecule has 2 amide bonds. The van der Waals surface area contributed by atoms with Crippen molar-refractivity contribution in [1.29, 1.82) is 0 Å². The number of hydrogen-bond donors (Lipinski definition) is 1. The van der Waals surface area contributed by atoms with Crippen LogP contribution in [-0.2, 0) is 6.42 Å². The Kier molecular flexibility index (Phi) is 6.87. The van der Waals surface area contributed by atoms with Gasteiger partial charge in [-0.25, -0.2) is 9.78 Å². The van der Waals surface area contributed by atoms with Gasteiger partial charge in [-0.3, -0.25) is 0 Å². The number of benzene rings is 1. The summed E-state index contributed by atoms with van der Waals surface area (Å²) in [7, 11) is 2.15. The van der Waals surface area contributed by atoms with Crippen LogP contribution in [0.5, 0.6) is 0 Å². The van der Waals surface area contributed by atoms with Crippen molar-refractivity contribution in [1.82, 2.24) is 24.7 Å². The largest absolute Gasteiger partial charge is 0.336 e. The summed E-state index contributed by atoms with van der Waals surface area (Å²) in [6, 6.07) is 11.0. The van der Waals surface area contributed by atoms with Crippen LogP contribution in [0.15, 0.2) is 49.1 Å². The molecule has 6 nitrogen and oxygen atoms in total. The third-order valence-corrected chi connectivity index (χ3v) is 5.46. The van der Waals surface area contributed by atoms with Crippen molar-refractivity contribution in [3.05, 3.63) is 54.6 Å². The van der Waals surface area contributed by atoms with Gasteiger partial charge in [-0.2, -0.15) is 0 Å². The van der Waals surface area contributed by atoms with E-state index in [0.717, 1.165) is 38.9 Å². The van der Waals surface area contributed by atoms with Gasteiger partial charge in [0.2, 0.25) is 0 Å². The SMILES string of the molecule is CC(CNC(=O)N(CCc1ccccc1)C1CCN(C)CC1)n1ccnc1. The lowest BCUT2D eigenvalue weighted by Crippen LogP contribution is -2.51. The van der Waals surface area contributed by atoms with Crippen molar-refractivity contribution in [3.63, 3.8) is 0 Å². The van der Waals surface area contributed by atoms with Crippen molar-refractivity contribution in [2.45, 2.75) is 38.3 Å². The molecule has 1 aromatic heterocycles. The summed E-state index contributed by atoms with van der Waals surface area (Å²) >= 11 is 0. The lowest BCUT2D eigenvalue weighted by molar-refractivity contribution is 0.131. The van der Waals surface area contributed by atoms with E-state index in [2.05, 4.69) is 58.3 Å². The third kappa shape index (κ3) is 5.57. The van der Waals surface area contributed by atoms with E-state index in [1.807, 2.05) is 16.8 Å². The predicted molar refractivity (Wildman–Crippen MR) is 108 cm³/mol. The Labute approximate surface area is 162 Å². The molecule has 1 atom stereocenters. The number of piperidine rings is 1. The number of nitrogens with one attached hydrogen (secondary N) is 1. The van der Waals surface area contributed by atoms with Gasteiger partial charge in [0.05, 0.1) is 6.33 Å². The molecule has 2 heterocycles. The summed E-state index contributed by atoms with van der Waals surface area (Å²) in [5.41, 5.74) is 1.27. The second-order valence-electron chi connectivity index (χ2n) is 7.51. The van der Waals surface area contributed by atoms with Crippen molar-refractivity contribution in [3.8, 4) is 0 Å². The highest BCUT2D eigenvalue weighted by Gasteiger charge is 2.26. The van der Waals surface area contributed by atoms with E-state index in [0.29, 0.717) is 12.6 Å². The summed E-state index contributed by atoms with van der Waals surface area (Å²) in [5, 5.41) is 3.14. The lowest BCUT2D eigenvalue weighted by Gasteiger charge is -2.37. The molecule has 3 rings (SSSR count). The number of urea groups is 1. The molecule has 0 radical (unpaired) electrons. The highest BCUT2D eigenvalue weighted by Crippen LogP contribution is 2.17. The van der Waals surface area contributed by atoms with Gasteiger partial charge in [0.25, 0.3) is 0 Å². The summed E-state index contributed by atoms with van der Waals surface area (Å²) in [6.07, 6.45) is 8.45. The fraction of sp³-hybridized carbons (Fsp3) is 0.524. The summed E-state index contributed by atoms with van der Waals surface area (Å²) in [6.45, 7) is 5.54. The van der Waals surface area contributed by atoms with Crippen LogP contribution < -0.4 is 5.32 Å². The molecular weight excluding hydrogens is 338 g/mol. The second-order valence-corrected chi connectivity index (χ2v) is 7.51. The van der Waals surface area contributed by atoms with E-state index in [4.69, 9.17) is 0 Å². The highest BCUT2D eigenvalue weighted by molar-refractivity contribution is 5.74. The first kappa shape index (κ1) is 19.4. The van der Waals surface area contributed by atoms with Gasteiger partial charge in [-0.15, -0.1) is 0 Å². The molecule has 1 aromatic carbocycles. The zero-order valence-corrected chi connectivity index (χ0v) is 16.4. The Balaban J connectivity index is 1.60. The normalized spacial score (nSPS) is 16.8. The first-order valence-electron chi connectivity index (χ1n) is 9.88. The Morgan fingerprint density at radius 2 is 2.04 bits per heavy atom. The van der Waals surface area contributed by atoms with Crippen molar-refractivity contribution in [2.24, 2.45) is 0 Å². The minimum absolute atomic E-state index is 0.0486. The highest BCUT2D eigenvalue weighted by atomic mass is 16.2. The van der Waals surface area contributed by atoms with E-state index in [1.165, 1.54) is 5.56 Å². The maximum atomic E-state index is 13.0. The molecule has 1 saturated heterocycles. The molecule has 0 spiro atoms. The fourth-order valence-electron chi connectivity index (χ4n) is 3.62. The number of imidazole rings is 1. The van der Waals surface area contributed by atoms with E-state index in [1.54, 1.807) is 12.5 Å². The van der Waals surface area contributed by atoms with Crippen LogP contribution in [0.25, 0.3) is 0 Å². The Morgan fingerprint density at radius 3 is 2.70 bits per heavy atom.